The van der Waals surface area contributed by atoms with Crippen molar-refractivity contribution in [2.24, 2.45) is 10.9 Å². The number of carbonyl (C=O) groups excluding carboxylic acids is 1. The van der Waals surface area contributed by atoms with E-state index in [1.165, 1.54) is 38.8 Å². The molecular weight excluding hydrogens is 392 g/mol. The molecule has 1 atom stereocenters. The van der Waals surface area contributed by atoms with Gasteiger partial charge in [-0.1, -0.05) is 26.7 Å². The number of guanidine groups is 1. The molecule has 2 rings (SSSR count). The van der Waals surface area contributed by atoms with E-state index in [1.54, 1.807) is 19.0 Å². The quantitative estimate of drug-likeness (QED) is 0.304. The molecule has 2 heterocycles. The van der Waals surface area contributed by atoms with Gasteiger partial charge >= 0.3 is 0 Å². The zero-order valence-electron chi connectivity index (χ0n) is 20.4. The van der Waals surface area contributed by atoms with E-state index in [2.05, 4.69) is 39.3 Å². The van der Waals surface area contributed by atoms with Gasteiger partial charge in [0.25, 0.3) is 0 Å². The van der Waals surface area contributed by atoms with E-state index >= 15 is 0 Å². The van der Waals surface area contributed by atoms with Crippen molar-refractivity contribution in [3.05, 3.63) is 0 Å². The first-order valence-electron chi connectivity index (χ1n) is 12.2. The number of carbonyl (C=O) groups is 1. The van der Waals surface area contributed by atoms with Gasteiger partial charge in [0.1, 0.15) is 6.54 Å². The fourth-order valence-electron chi connectivity index (χ4n) is 4.21. The number of nitrogens with zero attached hydrogens (tertiary/aromatic N) is 4. The molecule has 180 valence electrons. The second kappa shape index (κ2) is 14.6. The van der Waals surface area contributed by atoms with Crippen LogP contribution >= 0.6 is 0 Å². The van der Waals surface area contributed by atoms with Crippen LogP contribution in [-0.2, 0) is 9.53 Å². The molecule has 8 nitrogen and oxygen atoms in total. The number of likely N-dealkylation sites (tertiary alicyclic amines) is 1. The van der Waals surface area contributed by atoms with E-state index in [0.29, 0.717) is 12.0 Å². The average Bonchev–Trinajstić information content (AvgIpc) is 3.04. The van der Waals surface area contributed by atoms with E-state index in [0.717, 1.165) is 58.3 Å². The van der Waals surface area contributed by atoms with Gasteiger partial charge in [0.15, 0.2) is 5.96 Å². The van der Waals surface area contributed by atoms with E-state index < -0.39 is 0 Å². The Morgan fingerprint density at radius 3 is 2.32 bits per heavy atom. The lowest BCUT2D eigenvalue weighted by Crippen LogP contribution is -2.50. The Bertz CT molecular complexity index is 526. The van der Waals surface area contributed by atoms with Crippen LogP contribution in [0, 0.1) is 5.92 Å². The van der Waals surface area contributed by atoms with Gasteiger partial charge in [-0.15, -0.1) is 0 Å². The highest BCUT2D eigenvalue weighted by atomic mass is 16.5. The van der Waals surface area contributed by atoms with Gasteiger partial charge < -0.3 is 20.3 Å². The Balaban J connectivity index is 1.87. The van der Waals surface area contributed by atoms with Crippen molar-refractivity contribution < 1.29 is 9.53 Å². The molecular formula is C23H46N6O2. The highest BCUT2D eigenvalue weighted by Crippen LogP contribution is 2.17. The van der Waals surface area contributed by atoms with Gasteiger partial charge in [0.2, 0.25) is 5.91 Å². The summed E-state index contributed by atoms with van der Waals surface area (Å²) in [5.74, 6) is 1.33. The highest BCUT2D eigenvalue weighted by Gasteiger charge is 2.23. The lowest BCUT2D eigenvalue weighted by Gasteiger charge is -2.34. The summed E-state index contributed by atoms with van der Waals surface area (Å²) in [7, 11) is 3.55. The summed E-state index contributed by atoms with van der Waals surface area (Å²) >= 11 is 0. The molecule has 2 saturated heterocycles. The molecule has 2 aliphatic rings. The summed E-state index contributed by atoms with van der Waals surface area (Å²) in [4.78, 5) is 23.3. The lowest BCUT2D eigenvalue weighted by molar-refractivity contribution is -0.127. The molecule has 8 heteroatoms. The van der Waals surface area contributed by atoms with Gasteiger partial charge in [0, 0.05) is 46.3 Å². The van der Waals surface area contributed by atoms with E-state index in [1.807, 2.05) is 0 Å². The predicted octanol–water partition coefficient (Wildman–Crippen LogP) is 1.23. The van der Waals surface area contributed by atoms with Crippen molar-refractivity contribution in [3.8, 4) is 0 Å². The van der Waals surface area contributed by atoms with Crippen molar-refractivity contribution in [2.75, 3.05) is 79.7 Å². The minimum Gasteiger partial charge on any atom is -0.379 e. The summed E-state index contributed by atoms with van der Waals surface area (Å²) in [6.45, 7) is 13.6. The van der Waals surface area contributed by atoms with Crippen LogP contribution < -0.4 is 10.6 Å². The lowest BCUT2D eigenvalue weighted by atomic mass is 10.0. The maximum absolute atomic E-state index is 12.1. The van der Waals surface area contributed by atoms with Crippen LogP contribution in [-0.4, -0.2) is 112 Å². The van der Waals surface area contributed by atoms with Gasteiger partial charge in [-0.05, 0) is 44.8 Å². The third kappa shape index (κ3) is 10.2. The van der Waals surface area contributed by atoms with Crippen molar-refractivity contribution in [3.63, 3.8) is 0 Å². The van der Waals surface area contributed by atoms with Crippen molar-refractivity contribution in [1.29, 1.82) is 0 Å². The molecule has 0 radical (unpaired) electrons. The number of aliphatic imine (C=N–C) groups is 1. The molecule has 0 aliphatic carbocycles. The maximum Gasteiger partial charge on any atom is 0.243 e. The van der Waals surface area contributed by atoms with Gasteiger partial charge in [-0.25, -0.2) is 4.99 Å². The molecule has 0 aromatic heterocycles. The first-order valence-corrected chi connectivity index (χ1v) is 12.2. The Morgan fingerprint density at radius 1 is 1.03 bits per heavy atom. The molecule has 0 aromatic carbocycles. The van der Waals surface area contributed by atoms with Crippen LogP contribution in [0.2, 0.25) is 0 Å². The number of hydrogen-bond donors (Lipinski definition) is 2. The Labute approximate surface area is 189 Å². The zero-order valence-corrected chi connectivity index (χ0v) is 20.4. The fraction of sp³-hybridized carbons (Fsp3) is 0.913. The third-order valence-corrected chi connectivity index (χ3v) is 6.28. The molecule has 2 N–H and O–H groups in total. The van der Waals surface area contributed by atoms with Crippen LogP contribution in [0.25, 0.3) is 0 Å². The minimum absolute atomic E-state index is 0.0161. The summed E-state index contributed by atoms with van der Waals surface area (Å²) in [6.07, 6.45) is 6.32. The summed E-state index contributed by atoms with van der Waals surface area (Å²) in [6, 6.07) is 0.475. The number of ether oxygens (including phenoxy) is 1. The highest BCUT2D eigenvalue weighted by molar-refractivity contribution is 5.84. The molecule has 1 amide bonds. The van der Waals surface area contributed by atoms with Crippen molar-refractivity contribution in [2.45, 2.75) is 52.0 Å². The SMILES string of the molecule is CC(C)C(CNC(=NCC(=O)N(C)C)NCCCN1CCOCC1)N1CCCCCC1. The van der Waals surface area contributed by atoms with Crippen LogP contribution in [0.5, 0.6) is 0 Å². The standard InChI is InChI=1S/C23H46N6O2/c1-20(2)21(29-12-7-5-6-8-13-29)18-25-23(26-19-22(30)27(3)4)24-10-9-11-28-14-16-31-17-15-28/h20-21H,5-19H2,1-4H3,(H2,24,25,26). The topological polar surface area (TPSA) is 72.4 Å². The zero-order chi connectivity index (χ0) is 22.5. The van der Waals surface area contributed by atoms with E-state index in [-0.39, 0.29) is 12.5 Å². The van der Waals surface area contributed by atoms with Crippen LogP contribution in [0.3, 0.4) is 0 Å². The van der Waals surface area contributed by atoms with Gasteiger partial charge in [-0.2, -0.15) is 0 Å². The number of morpholine rings is 1. The second-order valence-corrected chi connectivity index (χ2v) is 9.33. The summed E-state index contributed by atoms with van der Waals surface area (Å²) in [5.41, 5.74) is 0. The predicted molar refractivity (Wildman–Crippen MR) is 128 cm³/mol. The second-order valence-electron chi connectivity index (χ2n) is 9.33. The molecule has 1 unspecified atom stereocenters. The Morgan fingerprint density at radius 2 is 1.71 bits per heavy atom. The Hall–Kier alpha value is -1.38. The fourth-order valence-corrected chi connectivity index (χ4v) is 4.21. The molecule has 2 fully saturated rings. The number of hydrogen-bond acceptors (Lipinski definition) is 5. The van der Waals surface area contributed by atoms with Crippen molar-refractivity contribution in [1.82, 2.24) is 25.3 Å². The molecule has 0 spiro atoms. The van der Waals surface area contributed by atoms with E-state index in [9.17, 15) is 4.79 Å². The maximum atomic E-state index is 12.1. The van der Waals surface area contributed by atoms with E-state index in [4.69, 9.17) is 4.74 Å². The minimum atomic E-state index is 0.0161. The monoisotopic (exact) mass is 438 g/mol. The molecule has 31 heavy (non-hydrogen) atoms. The van der Waals surface area contributed by atoms with Gasteiger partial charge in [0.05, 0.1) is 13.2 Å². The number of amides is 1. The Kier molecular flexibility index (Phi) is 12.2. The smallest absolute Gasteiger partial charge is 0.243 e. The number of nitrogens with one attached hydrogen (secondary N) is 2. The van der Waals surface area contributed by atoms with Gasteiger partial charge in [-0.3, -0.25) is 14.6 Å². The molecule has 2 aliphatic heterocycles. The molecule has 0 bridgehead atoms. The molecule has 0 saturated carbocycles. The largest absolute Gasteiger partial charge is 0.379 e. The molecule has 0 aromatic rings. The third-order valence-electron chi connectivity index (χ3n) is 6.28. The first kappa shape index (κ1) is 25.9. The van der Waals surface area contributed by atoms with Crippen LogP contribution in [0.15, 0.2) is 4.99 Å². The first-order chi connectivity index (χ1) is 15.0. The summed E-state index contributed by atoms with van der Waals surface area (Å²) < 4.78 is 5.42. The average molecular weight is 439 g/mol. The van der Waals surface area contributed by atoms with Crippen LogP contribution in [0.4, 0.5) is 0 Å². The van der Waals surface area contributed by atoms with Crippen LogP contribution in [0.1, 0.15) is 46.0 Å². The number of likely N-dealkylation sites (N-methyl/N-ethyl adjacent to an activating group) is 1. The number of rotatable bonds is 10. The normalized spacial score (nSPS) is 20.4. The van der Waals surface area contributed by atoms with Crippen molar-refractivity contribution >= 4 is 11.9 Å². The summed E-state index contributed by atoms with van der Waals surface area (Å²) in [5, 5.41) is 7.00.